The second kappa shape index (κ2) is 10.8. The highest BCUT2D eigenvalue weighted by molar-refractivity contribution is 7.97. The van der Waals surface area contributed by atoms with Crippen LogP contribution in [0.1, 0.15) is 11.7 Å². The quantitative estimate of drug-likeness (QED) is 0.203. The number of carbonyl (C=O) groups is 1. The summed E-state index contributed by atoms with van der Waals surface area (Å²) in [4.78, 5) is 23.4. The number of nitro groups is 1. The molecule has 0 aliphatic heterocycles. The van der Waals surface area contributed by atoms with E-state index in [0.29, 0.717) is 16.2 Å². The van der Waals surface area contributed by atoms with Crippen molar-refractivity contribution >= 4 is 23.6 Å². The number of benzene rings is 2. The highest BCUT2D eigenvalue weighted by Crippen LogP contribution is 2.35. The lowest BCUT2D eigenvalue weighted by Crippen LogP contribution is -2.40. The topological polar surface area (TPSA) is 111 Å². The van der Waals surface area contributed by atoms with Gasteiger partial charge in [0.15, 0.2) is 6.79 Å². The van der Waals surface area contributed by atoms with Gasteiger partial charge in [-0.2, -0.15) is 0 Å². The van der Waals surface area contributed by atoms with Crippen molar-refractivity contribution in [2.45, 2.75) is 17.0 Å². The highest BCUT2D eigenvalue weighted by Gasteiger charge is 2.34. The first kappa shape index (κ1) is 22.6. The lowest BCUT2D eigenvalue weighted by molar-refractivity contribution is -0.387. The van der Waals surface area contributed by atoms with Gasteiger partial charge in [-0.05, 0) is 42.8 Å². The van der Waals surface area contributed by atoms with Crippen LogP contribution < -0.4 is 4.74 Å². The van der Waals surface area contributed by atoms with Crippen molar-refractivity contribution < 1.29 is 29.0 Å². The number of likely N-dealkylation sites (N-methyl/N-ethyl adjacent to an activating group) is 1. The van der Waals surface area contributed by atoms with Crippen LogP contribution in [0.15, 0.2) is 53.4 Å². The molecule has 9 nitrogen and oxygen atoms in total. The summed E-state index contributed by atoms with van der Waals surface area (Å²) in [5.74, 6) is -0.133. The molecule has 2 rings (SSSR count). The van der Waals surface area contributed by atoms with E-state index in [1.807, 2.05) is 0 Å². The van der Waals surface area contributed by atoms with E-state index in [-0.39, 0.29) is 12.5 Å². The third-order valence-corrected chi connectivity index (χ3v) is 5.06. The highest BCUT2D eigenvalue weighted by atomic mass is 32.2. The van der Waals surface area contributed by atoms with Crippen molar-refractivity contribution in [3.63, 3.8) is 0 Å². The largest absolute Gasteiger partial charge is 0.468 e. The van der Waals surface area contributed by atoms with Crippen LogP contribution in [0, 0.1) is 10.1 Å². The molecule has 0 radical (unpaired) electrons. The number of aliphatic hydroxyl groups excluding tert-OH is 1. The molecule has 2 aromatic rings. The van der Waals surface area contributed by atoms with E-state index in [9.17, 15) is 20.0 Å². The average Bonchev–Trinajstić information content (AvgIpc) is 2.72. The molecule has 10 heteroatoms. The first-order valence-electron chi connectivity index (χ1n) is 8.50. The molecule has 0 unspecified atom stereocenters. The fraction of sp³-hybridized carbons (Fsp3) is 0.316. The van der Waals surface area contributed by atoms with Crippen LogP contribution in [-0.4, -0.2) is 54.4 Å². The number of nitro benzene ring substituents is 1. The van der Waals surface area contributed by atoms with Crippen molar-refractivity contribution in [1.82, 2.24) is 4.31 Å². The van der Waals surface area contributed by atoms with Gasteiger partial charge in [-0.1, -0.05) is 24.3 Å². The molecule has 0 aliphatic carbocycles. The van der Waals surface area contributed by atoms with Crippen LogP contribution in [0.4, 0.5) is 5.69 Å². The zero-order valence-corrected chi connectivity index (χ0v) is 17.0. The Bertz CT molecular complexity index is 832. The summed E-state index contributed by atoms with van der Waals surface area (Å²) >= 11 is 0.977. The zero-order chi connectivity index (χ0) is 21.4. The van der Waals surface area contributed by atoms with Gasteiger partial charge in [0.1, 0.15) is 22.8 Å². The van der Waals surface area contributed by atoms with Gasteiger partial charge in [0, 0.05) is 13.2 Å². The van der Waals surface area contributed by atoms with Crippen LogP contribution >= 0.6 is 11.9 Å². The van der Waals surface area contributed by atoms with E-state index in [1.165, 1.54) is 24.6 Å². The summed E-state index contributed by atoms with van der Waals surface area (Å²) < 4.78 is 16.4. The maximum absolute atomic E-state index is 12.4. The summed E-state index contributed by atoms with van der Waals surface area (Å²) in [6, 6.07) is 11.6. The van der Waals surface area contributed by atoms with Crippen molar-refractivity contribution in [1.29, 1.82) is 0 Å². The van der Waals surface area contributed by atoms with Crippen molar-refractivity contribution in [2.75, 3.05) is 28.1 Å². The van der Waals surface area contributed by atoms with Crippen molar-refractivity contribution in [3.05, 3.63) is 64.2 Å². The number of methoxy groups -OCH3 is 2. The van der Waals surface area contributed by atoms with Gasteiger partial charge in [0.05, 0.1) is 12.0 Å². The number of carbonyl (C=O) groups excluding carboxylic acids is 1. The van der Waals surface area contributed by atoms with E-state index < -0.39 is 23.0 Å². The van der Waals surface area contributed by atoms with Crippen LogP contribution in [0.2, 0.25) is 0 Å². The predicted molar refractivity (Wildman–Crippen MR) is 106 cm³/mol. The standard InChI is InChI=1S/C19H22N2O7S/c1-20(29-16-7-5-4-6-15(16)21(24)25)17(19(23)27-3)18(22)13-8-10-14(11-9-13)28-12-26-2/h4-11,17-18,22H,12H2,1-3H3/t17-,18-/m1/s1. The molecule has 29 heavy (non-hydrogen) atoms. The molecule has 2 atom stereocenters. The summed E-state index contributed by atoms with van der Waals surface area (Å²) in [5.41, 5.74) is 0.363. The molecule has 0 spiro atoms. The Labute approximate surface area is 172 Å². The smallest absolute Gasteiger partial charge is 0.327 e. The molecule has 0 aliphatic rings. The second-order valence-electron chi connectivity index (χ2n) is 5.90. The van der Waals surface area contributed by atoms with Gasteiger partial charge in [0.25, 0.3) is 5.69 Å². The van der Waals surface area contributed by atoms with E-state index in [0.717, 1.165) is 11.9 Å². The molecule has 2 aromatic carbocycles. The molecule has 0 amide bonds. The lowest BCUT2D eigenvalue weighted by Gasteiger charge is -2.28. The summed E-state index contributed by atoms with van der Waals surface area (Å²) in [7, 11) is 4.28. The van der Waals surface area contributed by atoms with Crippen LogP contribution in [-0.2, 0) is 14.3 Å². The van der Waals surface area contributed by atoms with Gasteiger partial charge in [-0.3, -0.25) is 14.9 Å². The molecule has 0 bridgehead atoms. The second-order valence-corrected chi connectivity index (χ2v) is 7.09. The summed E-state index contributed by atoms with van der Waals surface area (Å²) in [5, 5.41) is 22.1. The maximum atomic E-state index is 12.4. The Morgan fingerprint density at radius 3 is 2.45 bits per heavy atom. The van der Waals surface area contributed by atoms with E-state index in [1.54, 1.807) is 49.5 Å². The predicted octanol–water partition coefficient (Wildman–Crippen LogP) is 2.79. The summed E-state index contributed by atoms with van der Waals surface area (Å²) in [6.07, 6.45) is -1.24. The fourth-order valence-electron chi connectivity index (χ4n) is 2.56. The molecule has 0 heterocycles. The molecular weight excluding hydrogens is 400 g/mol. The normalized spacial score (nSPS) is 13.0. The minimum Gasteiger partial charge on any atom is -0.468 e. The number of rotatable bonds is 10. The number of hydrogen-bond acceptors (Lipinski definition) is 9. The van der Waals surface area contributed by atoms with Crippen molar-refractivity contribution in [2.24, 2.45) is 0 Å². The maximum Gasteiger partial charge on any atom is 0.327 e. The Morgan fingerprint density at radius 2 is 1.86 bits per heavy atom. The van der Waals surface area contributed by atoms with Crippen LogP contribution in [0.3, 0.4) is 0 Å². The Morgan fingerprint density at radius 1 is 1.21 bits per heavy atom. The number of ether oxygens (including phenoxy) is 3. The third kappa shape index (κ3) is 5.91. The Kier molecular flexibility index (Phi) is 8.40. The average molecular weight is 422 g/mol. The van der Waals surface area contributed by atoms with Crippen LogP contribution in [0.25, 0.3) is 0 Å². The molecule has 0 saturated carbocycles. The first-order valence-corrected chi connectivity index (χ1v) is 9.28. The van der Waals surface area contributed by atoms with Crippen molar-refractivity contribution in [3.8, 4) is 5.75 Å². The minimum absolute atomic E-state index is 0.0852. The molecule has 0 aromatic heterocycles. The molecule has 1 N–H and O–H groups in total. The lowest BCUT2D eigenvalue weighted by atomic mass is 10.0. The van der Waals surface area contributed by atoms with E-state index in [2.05, 4.69) is 0 Å². The third-order valence-electron chi connectivity index (χ3n) is 4.00. The van der Waals surface area contributed by atoms with E-state index >= 15 is 0 Å². The fourth-order valence-corrected chi connectivity index (χ4v) is 3.57. The summed E-state index contributed by atoms with van der Waals surface area (Å²) in [6.45, 7) is 0.0852. The van der Waals surface area contributed by atoms with Gasteiger partial charge >= 0.3 is 5.97 Å². The van der Waals surface area contributed by atoms with Crippen LogP contribution in [0.5, 0.6) is 5.75 Å². The molecule has 0 fully saturated rings. The molecule has 156 valence electrons. The minimum atomic E-state index is -1.24. The van der Waals surface area contributed by atoms with E-state index in [4.69, 9.17) is 14.2 Å². The van der Waals surface area contributed by atoms with Gasteiger partial charge in [-0.25, -0.2) is 4.31 Å². The Balaban J connectivity index is 2.24. The number of para-hydroxylation sites is 1. The monoisotopic (exact) mass is 422 g/mol. The molecule has 0 saturated heterocycles. The number of esters is 1. The van der Waals surface area contributed by atoms with Gasteiger partial charge in [-0.15, -0.1) is 0 Å². The number of hydrogen-bond donors (Lipinski definition) is 1. The number of nitrogens with zero attached hydrogens (tertiary/aromatic N) is 2. The number of aliphatic hydroxyl groups is 1. The SMILES string of the molecule is COCOc1ccc([C@@H](O)[C@H](C(=O)OC)N(C)Sc2ccccc2[N+](=O)[O-])cc1. The van der Waals surface area contributed by atoms with Gasteiger partial charge in [0.2, 0.25) is 0 Å². The van der Waals surface area contributed by atoms with Gasteiger partial charge < -0.3 is 19.3 Å². The Hall–Kier alpha value is -2.66. The zero-order valence-electron chi connectivity index (χ0n) is 16.2. The first-order chi connectivity index (χ1) is 13.9. The molecular formula is C19H22N2O7S.